The van der Waals surface area contributed by atoms with Crippen LogP contribution in [0.25, 0.3) is 6.08 Å². The molecule has 0 bridgehead atoms. The summed E-state index contributed by atoms with van der Waals surface area (Å²) in [5, 5.41) is 9.25. The molecule has 0 atom stereocenters. The Balaban J connectivity index is 2.10. The van der Waals surface area contributed by atoms with Crippen molar-refractivity contribution >= 4 is 51.1 Å². The fourth-order valence-electron chi connectivity index (χ4n) is 2.08. The van der Waals surface area contributed by atoms with Crippen LogP contribution in [0.5, 0.6) is 0 Å². The minimum atomic E-state index is -3.84. The van der Waals surface area contributed by atoms with Gasteiger partial charge in [0.2, 0.25) is 10.0 Å². The molecule has 0 spiro atoms. The molecule has 0 saturated heterocycles. The third-order valence-electron chi connectivity index (χ3n) is 3.48. The molecule has 0 unspecified atom stereocenters. The fraction of sp³-hybridized carbons (Fsp3) is 0.111. The Labute approximate surface area is 166 Å². The number of carboxylic acids is 1. The lowest BCUT2D eigenvalue weighted by Gasteiger charge is -2.06. The molecule has 0 radical (unpaired) electrons. The average molecular weight is 428 g/mol. The molecule has 2 aromatic rings. The number of carbonyl (C=O) groups excluding carboxylic acids is 1. The maximum atomic E-state index is 12.2. The van der Waals surface area contributed by atoms with Crippen molar-refractivity contribution in [1.29, 1.82) is 0 Å². The first-order valence-electron chi connectivity index (χ1n) is 7.68. The summed E-state index contributed by atoms with van der Waals surface area (Å²) in [6.45, 7) is -0.221. The van der Waals surface area contributed by atoms with Crippen LogP contribution < -0.4 is 4.72 Å². The molecule has 0 amide bonds. The van der Waals surface area contributed by atoms with Crippen LogP contribution in [0.3, 0.4) is 0 Å². The van der Waals surface area contributed by atoms with Gasteiger partial charge in [-0.25, -0.2) is 13.1 Å². The second kappa shape index (κ2) is 9.14. The Morgan fingerprint density at radius 3 is 2.37 bits per heavy atom. The van der Waals surface area contributed by atoms with Gasteiger partial charge < -0.3 is 5.11 Å². The Morgan fingerprint density at radius 1 is 1.07 bits per heavy atom. The van der Waals surface area contributed by atoms with E-state index in [4.69, 9.17) is 28.3 Å². The zero-order valence-electron chi connectivity index (χ0n) is 13.9. The summed E-state index contributed by atoms with van der Waals surface area (Å²) >= 11 is 12.0. The van der Waals surface area contributed by atoms with Gasteiger partial charge in [0.1, 0.15) is 0 Å². The third kappa shape index (κ3) is 5.90. The van der Waals surface area contributed by atoms with E-state index in [9.17, 15) is 18.0 Å². The highest BCUT2D eigenvalue weighted by atomic mass is 35.5. The molecule has 9 heteroatoms. The average Bonchev–Trinajstić information content (AvgIpc) is 2.62. The standard InChI is InChI=1S/C18H15Cl2NO5S/c19-15-3-1-2-13(18(15)20)6-9-16(22)12-4-7-14(8-5-12)27(25,26)21-11-10-17(23)24/h1-9,21H,10-11H2,(H,23,24)/b9-6+. The number of hydrogen-bond donors (Lipinski definition) is 2. The predicted octanol–water partition coefficient (Wildman–Crippen LogP) is 3.64. The first-order valence-corrected chi connectivity index (χ1v) is 9.92. The van der Waals surface area contributed by atoms with E-state index in [-0.39, 0.29) is 29.2 Å². The molecule has 6 nitrogen and oxygen atoms in total. The lowest BCUT2D eigenvalue weighted by Crippen LogP contribution is -2.26. The number of carboxylic acid groups (broad SMARTS) is 1. The van der Waals surface area contributed by atoms with Crippen molar-refractivity contribution in [2.75, 3.05) is 6.54 Å². The zero-order valence-corrected chi connectivity index (χ0v) is 16.2. The molecule has 2 aromatic carbocycles. The molecule has 0 heterocycles. The lowest BCUT2D eigenvalue weighted by molar-refractivity contribution is -0.136. The SMILES string of the molecule is O=C(O)CCNS(=O)(=O)c1ccc(C(=O)/C=C/c2cccc(Cl)c2Cl)cc1. The molecule has 27 heavy (non-hydrogen) atoms. The van der Waals surface area contributed by atoms with Crippen LogP contribution in [-0.4, -0.2) is 31.8 Å². The van der Waals surface area contributed by atoms with Crippen LogP contribution in [0.15, 0.2) is 53.4 Å². The molecule has 0 aliphatic heterocycles. The Morgan fingerprint density at radius 2 is 1.74 bits per heavy atom. The topological polar surface area (TPSA) is 101 Å². The molecule has 0 saturated carbocycles. The number of carbonyl (C=O) groups is 2. The van der Waals surface area contributed by atoms with E-state index >= 15 is 0 Å². The Kier molecular flexibility index (Phi) is 7.15. The van der Waals surface area contributed by atoms with Gasteiger partial charge in [-0.2, -0.15) is 0 Å². The van der Waals surface area contributed by atoms with E-state index in [1.165, 1.54) is 36.4 Å². The summed E-state index contributed by atoms with van der Waals surface area (Å²) in [6.07, 6.45) is 2.51. The van der Waals surface area contributed by atoms with Crippen LogP contribution in [-0.2, 0) is 14.8 Å². The van der Waals surface area contributed by atoms with Gasteiger partial charge in [0.15, 0.2) is 5.78 Å². The number of benzene rings is 2. The molecule has 0 fully saturated rings. The highest BCUT2D eigenvalue weighted by Gasteiger charge is 2.14. The second-order valence-electron chi connectivity index (χ2n) is 5.41. The quantitative estimate of drug-likeness (QED) is 0.494. The lowest BCUT2D eigenvalue weighted by atomic mass is 10.1. The van der Waals surface area contributed by atoms with Gasteiger partial charge in [0.05, 0.1) is 21.4 Å². The van der Waals surface area contributed by atoms with E-state index in [0.29, 0.717) is 15.6 Å². The smallest absolute Gasteiger partial charge is 0.304 e. The maximum absolute atomic E-state index is 12.2. The van der Waals surface area contributed by atoms with Gasteiger partial charge in [0, 0.05) is 12.1 Å². The minimum Gasteiger partial charge on any atom is -0.481 e. The van der Waals surface area contributed by atoms with E-state index in [1.807, 2.05) is 0 Å². The van der Waals surface area contributed by atoms with Crippen LogP contribution >= 0.6 is 23.2 Å². The monoisotopic (exact) mass is 427 g/mol. The minimum absolute atomic E-state index is 0.0636. The predicted molar refractivity (Wildman–Crippen MR) is 104 cm³/mol. The van der Waals surface area contributed by atoms with Crippen molar-refractivity contribution in [3.63, 3.8) is 0 Å². The van der Waals surface area contributed by atoms with Gasteiger partial charge in [-0.05, 0) is 48.0 Å². The van der Waals surface area contributed by atoms with Crippen molar-refractivity contribution in [3.05, 3.63) is 69.7 Å². The van der Waals surface area contributed by atoms with Crippen LogP contribution in [0.2, 0.25) is 10.0 Å². The van der Waals surface area contributed by atoms with Gasteiger partial charge in [-0.15, -0.1) is 0 Å². The second-order valence-corrected chi connectivity index (χ2v) is 7.96. The first-order chi connectivity index (χ1) is 12.7. The number of allylic oxidation sites excluding steroid dienone is 1. The third-order valence-corrected chi connectivity index (χ3v) is 5.79. The highest BCUT2D eigenvalue weighted by molar-refractivity contribution is 7.89. The van der Waals surface area contributed by atoms with Crippen molar-refractivity contribution in [2.24, 2.45) is 0 Å². The molecule has 142 valence electrons. The van der Waals surface area contributed by atoms with Gasteiger partial charge in [-0.1, -0.05) is 35.3 Å². The number of hydrogen-bond acceptors (Lipinski definition) is 4. The van der Waals surface area contributed by atoms with Crippen molar-refractivity contribution in [3.8, 4) is 0 Å². The summed E-state index contributed by atoms with van der Waals surface area (Å²) in [6, 6.07) is 10.3. The number of halogens is 2. The maximum Gasteiger partial charge on any atom is 0.304 e. The number of rotatable bonds is 8. The van der Waals surface area contributed by atoms with Crippen molar-refractivity contribution < 1.29 is 23.1 Å². The summed E-state index contributed by atoms with van der Waals surface area (Å²) in [5.41, 5.74) is 0.869. The molecule has 0 aliphatic carbocycles. The highest BCUT2D eigenvalue weighted by Crippen LogP contribution is 2.26. The van der Waals surface area contributed by atoms with Crippen molar-refractivity contribution in [1.82, 2.24) is 4.72 Å². The molecular weight excluding hydrogens is 413 g/mol. The molecule has 0 aromatic heterocycles. The summed E-state index contributed by atoms with van der Waals surface area (Å²) < 4.78 is 26.3. The summed E-state index contributed by atoms with van der Waals surface area (Å²) in [4.78, 5) is 22.6. The number of ketones is 1. The fourth-order valence-corrected chi connectivity index (χ4v) is 3.49. The Hall–Kier alpha value is -2.19. The van der Waals surface area contributed by atoms with Crippen LogP contribution in [0.4, 0.5) is 0 Å². The van der Waals surface area contributed by atoms with Crippen LogP contribution in [0.1, 0.15) is 22.3 Å². The van der Waals surface area contributed by atoms with Gasteiger partial charge in [-0.3, -0.25) is 9.59 Å². The molecule has 0 aliphatic rings. The molecule has 2 rings (SSSR count). The van der Waals surface area contributed by atoms with Crippen molar-refractivity contribution in [2.45, 2.75) is 11.3 Å². The van der Waals surface area contributed by atoms with E-state index in [1.54, 1.807) is 18.2 Å². The largest absolute Gasteiger partial charge is 0.481 e. The molecule has 2 N–H and O–H groups in total. The summed E-state index contributed by atoms with van der Waals surface area (Å²) in [7, 11) is -3.84. The summed E-state index contributed by atoms with van der Waals surface area (Å²) in [5.74, 6) is -1.45. The van der Waals surface area contributed by atoms with E-state index in [2.05, 4.69) is 4.72 Å². The number of sulfonamides is 1. The van der Waals surface area contributed by atoms with E-state index in [0.717, 1.165) is 0 Å². The van der Waals surface area contributed by atoms with Gasteiger partial charge in [0.25, 0.3) is 0 Å². The van der Waals surface area contributed by atoms with Crippen LogP contribution in [0, 0.1) is 0 Å². The number of aliphatic carboxylic acids is 1. The number of nitrogens with one attached hydrogen (secondary N) is 1. The van der Waals surface area contributed by atoms with Gasteiger partial charge >= 0.3 is 5.97 Å². The normalized spacial score (nSPS) is 11.6. The van der Waals surface area contributed by atoms with E-state index < -0.39 is 16.0 Å². The molecular formula is C18H15Cl2NO5S. The Bertz CT molecular complexity index is 985. The zero-order chi connectivity index (χ0) is 20.0. The first kappa shape index (κ1) is 21.1.